The van der Waals surface area contributed by atoms with Gasteiger partial charge in [-0.05, 0) is 50.9 Å². The smallest absolute Gasteiger partial charge is 0.266 e. The van der Waals surface area contributed by atoms with Crippen molar-refractivity contribution in [1.29, 1.82) is 0 Å². The van der Waals surface area contributed by atoms with Crippen molar-refractivity contribution >= 4 is 23.6 Å². The largest absolute Gasteiger partial charge is 0.496 e. The van der Waals surface area contributed by atoms with E-state index >= 15 is 0 Å². The van der Waals surface area contributed by atoms with Crippen molar-refractivity contribution in [1.82, 2.24) is 20.4 Å². The van der Waals surface area contributed by atoms with Crippen LogP contribution < -0.4 is 20.1 Å². The molecule has 1 aliphatic carbocycles. The predicted molar refractivity (Wildman–Crippen MR) is 130 cm³/mol. The highest BCUT2D eigenvalue weighted by atomic mass is 16.5. The average molecular weight is 499 g/mol. The van der Waals surface area contributed by atoms with Crippen molar-refractivity contribution < 1.29 is 28.7 Å². The number of methoxy groups -OCH3 is 1. The number of benzene rings is 1. The fourth-order valence-corrected chi connectivity index (χ4v) is 5.82. The van der Waals surface area contributed by atoms with Gasteiger partial charge in [0, 0.05) is 37.9 Å². The van der Waals surface area contributed by atoms with Crippen LogP contribution in [0.25, 0.3) is 0 Å². The third kappa shape index (κ3) is 4.59. The highest BCUT2D eigenvalue weighted by Crippen LogP contribution is 2.39. The molecule has 2 N–H and O–H groups in total. The minimum atomic E-state index is -1.02. The van der Waals surface area contributed by atoms with Crippen molar-refractivity contribution in [3.8, 4) is 11.5 Å². The second kappa shape index (κ2) is 10.2. The number of hydrogen-bond donors (Lipinski definition) is 2. The second-order valence-corrected chi connectivity index (χ2v) is 10.1. The second-order valence-electron chi connectivity index (χ2n) is 10.1. The standard InChI is InChI=1S/C26H34N4O6/c1-3-29(14-15-6-8-27-9-7-15)16-10-17(11-16)36-18-12-19-23(21(13-18)35-2)26(34)30(25(19)33)20-4-5-22(31)28-24(20)32/h12-13,15-17,20,27H,3-11,14H2,1-2H3,(H,28,31,32)/t16-,17-,20?. The molecule has 3 fully saturated rings. The van der Waals surface area contributed by atoms with E-state index < -0.39 is 29.7 Å². The van der Waals surface area contributed by atoms with Crippen molar-refractivity contribution in [3.63, 3.8) is 0 Å². The summed E-state index contributed by atoms with van der Waals surface area (Å²) in [6.07, 6.45) is 4.47. The SMILES string of the molecule is CCN(CC1CCNCC1)[C@H]1C[C@H](Oc2cc(OC)c3c(c2)C(=O)N(C2CCC(=O)NC2=O)C3=O)C1. The average Bonchev–Trinajstić information content (AvgIpc) is 3.10. The molecule has 1 atom stereocenters. The van der Waals surface area contributed by atoms with E-state index in [9.17, 15) is 19.2 Å². The first-order valence-corrected chi connectivity index (χ1v) is 12.9. The van der Waals surface area contributed by atoms with Gasteiger partial charge in [0.25, 0.3) is 11.8 Å². The summed E-state index contributed by atoms with van der Waals surface area (Å²) in [6.45, 7) is 6.54. The first-order chi connectivity index (χ1) is 17.4. The van der Waals surface area contributed by atoms with Gasteiger partial charge in [-0.3, -0.25) is 29.4 Å². The Hall–Kier alpha value is -2.98. The lowest BCUT2D eigenvalue weighted by Crippen LogP contribution is -2.54. The predicted octanol–water partition coefficient (Wildman–Crippen LogP) is 1.33. The summed E-state index contributed by atoms with van der Waals surface area (Å²) in [6, 6.07) is 2.68. The van der Waals surface area contributed by atoms with E-state index in [0.29, 0.717) is 11.8 Å². The number of carbonyl (C=O) groups excluding carboxylic acids is 4. The molecule has 0 bridgehead atoms. The van der Waals surface area contributed by atoms with Gasteiger partial charge in [0.1, 0.15) is 23.6 Å². The zero-order valence-corrected chi connectivity index (χ0v) is 20.9. The number of fused-ring (bicyclic) bond motifs is 1. The zero-order valence-electron chi connectivity index (χ0n) is 20.9. The third-order valence-electron chi connectivity index (χ3n) is 7.95. The Morgan fingerprint density at radius 1 is 1.06 bits per heavy atom. The number of amides is 4. The van der Waals surface area contributed by atoms with E-state index in [4.69, 9.17) is 9.47 Å². The van der Waals surface area contributed by atoms with Gasteiger partial charge in [-0.15, -0.1) is 0 Å². The maximum atomic E-state index is 13.2. The maximum Gasteiger partial charge on any atom is 0.266 e. The molecule has 4 amide bonds. The number of imide groups is 2. The van der Waals surface area contributed by atoms with Crippen LogP contribution in [0.15, 0.2) is 12.1 Å². The summed E-state index contributed by atoms with van der Waals surface area (Å²) in [5, 5.41) is 5.64. The molecule has 1 saturated carbocycles. The van der Waals surface area contributed by atoms with Crippen LogP contribution in [0.1, 0.15) is 66.2 Å². The quantitative estimate of drug-likeness (QED) is 0.516. The molecule has 4 aliphatic rings. The lowest BCUT2D eigenvalue weighted by molar-refractivity contribution is -0.136. The molecule has 0 radical (unpaired) electrons. The van der Waals surface area contributed by atoms with E-state index in [1.54, 1.807) is 12.1 Å². The Morgan fingerprint density at radius 3 is 2.47 bits per heavy atom. The van der Waals surface area contributed by atoms with Crippen LogP contribution in [0.5, 0.6) is 11.5 Å². The first kappa shape index (κ1) is 24.7. The van der Waals surface area contributed by atoms with Gasteiger partial charge in [0.2, 0.25) is 11.8 Å². The fourth-order valence-electron chi connectivity index (χ4n) is 5.82. The summed E-state index contributed by atoms with van der Waals surface area (Å²) >= 11 is 0. The van der Waals surface area contributed by atoms with E-state index in [-0.39, 0.29) is 35.8 Å². The number of carbonyl (C=O) groups is 4. The van der Waals surface area contributed by atoms with Gasteiger partial charge < -0.3 is 19.7 Å². The number of ether oxygens (including phenoxy) is 2. The number of nitrogens with one attached hydrogen (secondary N) is 2. The van der Waals surface area contributed by atoms with E-state index in [1.165, 1.54) is 20.0 Å². The Labute approximate surface area is 210 Å². The van der Waals surface area contributed by atoms with Gasteiger partial charge in [0.15, 0.2) is 0 Å². The van der Waals surface area contributed by atoms with Crippen molar-refractivity contribution in [2.75, 3.05) is 33.3 Å². The zero-order chi connectivity index (χ0) is 25.4. The maximum absolute atomic E-state index is 13.2. The first-order valence-electron chi connectivity index (χ1n) is 12.9. The molecular weight excluding hydrogens is 464 g/mol. The van der Waals surface area contributed by atoms with Crippen molar-refractivity contribution in [2.24, 2.45) is 5.92 Å². The summed E-state index contributed by atoms with van der Waals surface area (Å²) < 4.78 is 11.7. The Morgan fingerprint density at radius 2 is 1.81 bits per heavy atom. The van der Waals surface area contributed by atoms with Crippen LogP contribution in [-0.2, 0) is 9.59 Å². The van der Waals surface area contributed by atoms with E-state index in [2.05, 4.69) is 22.5 Å². The molecule has 3 heterocycles. The lowest BCUT2D eigenvalue weighted by Gasteiger charge is -2.44. The van der Waals surface area contributed by atoms with Gasteiger partial charge in [-0.2, -0.15) is 0 Å². The van der Waals surface area contributed by atoms with Crippen LogP contribution in [0.4, 0.5) is 0 Å². The molecule has 10 heteroatoms. The van der Waals surface area contributed by atoms with Gasteiger partial charge in [0.05, 0.1) is 18.2 Å². The number of nitrogens with zero attached hydrogens (tertiary/aromatic N) is 2. The summed E-state index contributed by atoms with van der Waals surface area (Å²) in [5.41, 5.74) is 0.293. The molecule has 0 spiro atoms. The molecule has 1 unspecified atom stereocenters. The highest BCUT2D eigenvalue weighted by molar-refractivity contribution is 6.24. The third-order valence-corrected chi connectivity index (χ3v) is 7.95. The molecule has 1 aromatic carbocycles. The Bertz CT molecular complexity index is 1060. The van der Waals surface area contributed by atoms with Crippen LogP contribution in [-0.4, -0.2) is 84.9 Å². The molecule has 10 nitrogen and oxygen atoms in total. The molecule has 3 aliphatic heterocycles. The molecule has 1 aromatic rings. The molecule has 36 heavy (non-hydrogen) atoms. The fraction of sp³-hybridized carbons (Fsp3) is 0.615. The van der Waals surface area contributed by atoms with E-state index in [0.717, 1.165) is 49.8 Å². The Kier molecular flexibility index (Phi) is 6.98. The molecule has 5 rings (SSSR count). The van der Waals surface area contributed by atoms with Crippen LogP contribution in [0.3, 0.4) is 0 Å². The molecular formula is C26H34N4O6. The minimum absolute atomic E-state index is 0.0262. The Balaban J connectivity index is 1.26. The summed E-state index contributed by atoms with van der Waals surface area (Å²) in [4.78, 5) is 53.7. The summed E-state index contributed by atoms with van der Waals surface area (Å²) in [5.74, 6) is -0.747. The van der Waals surface area contributed by atoms with Crippen molar-refractivity contribution in [2.45, 2.75) is 63.6 Å². The summed E-state index contributed by atoms with van der Waals surface area (Å²) in [7, 11) is 1.44. The topological polar surface area (TPSA) is 117 Å². The van der Waals surface area contributed by atoms with Crippen LogP contribution in [0.2, 0.25) is 0 Å². The number of piperidine rings is 2. The molecule has 194 valence electrons. The van der Waals surface area contributed by atoms with Crippen LogP contribution in [0, 0.1) is 5.92 Å². The van der Waals surface area contributed by atoms with Gasteiger partial charge in [-0.25, -0.2) is 0 Å². The van der Waals surface area contributed by atoms with Gasteiger partial charge in [-0.1, -0.05) is 6.92 Å². The van der Waals surface area contributed by atoms with Crippen molar-refractivity contribution in [3.05, 3.63) is 23.3 Å². The molecule has 2 saturated heterocycles. The monoisotopic (exact) mass is 498 g/mol. The minimum Gasteiger partial charge on any atom is -0.496 e. The van der Waals surface area contributed by atoms with Gasteiger partial charge >= 0.3 is 0 Å². The number of rotatable bonds is 8. The highest BCUT2D eigenvalue weighted by Gasteiger charge is 2.46. The normalized spacial score (nSPS) is 26.6. The number of hydrogen-bond acceptors (Lipinski definition) is 8. The van der Waals surface area contributed by atoms with Crippen LogP contribution >= 0.6 is 0 Å². The lowest BCUT2D eigenvalue weighted by atomic mass is 9.86. The van der Waals surface area contributed by atoms with E-state index in [1.807, 2.05) is 0 Å². The molecule has 0 aromatic heterocycles.